The average molecular weight is 295 g/mol. The fraction of sp³-hybridized carbons (Fsp3) is 0.278. The van der Waals surface area contributed by atoms with E-state index in [1.54, 1.807) is 6.07 Å². The van der Waals surface area contributed by atoms with E-state index in [0.717, 1.165) is 16.7 Å². The number of hydrogen-bond acceptors (Lipinski definition) is 4. The molecule has 22 heavy (non-hydrogen) atoms. The number of nitrogen functional groups attached to an aromatic ring is 2. The minimum absolute atomic E-state index is 0.209. The van der Waals surface area contributed by atoms with E-state index in [4.69, 9.17) is 21.2 Å². The molecule has 4 nitrogen and oxygen atoms in total. The summed E-state index contributed by atoms with van der Waals surface area (Å²) >= 11 is 0. The van der Waals surface area contributed by atoms with Crippen LogP contribution in [-0.4, -0.2) is 18.5 Å². The number of benzene rings is 2. The molecule has 0 radical (unpaired) electrons. The lowest BCUT2D eigenvalue weighted by Gasteiger charge is -2.12. The molecule has 2 aromatic rings. The SMILES string of the molecule is CC(C)C1COC(c2ccccc2-c2cccc(N)c2N)=N1. The summed E-state index contributed by atoms with van der Waals surface area (Å²) in [4.78, 5) is 4.72. The van der Waals surface area contributed by atoms with E-state index in [0.29, 0.717) is 29.8 Å². The molecular weight excluding hydrogens is 274 g/mol. The van der Waals surface area contributed by atoms with Crippen molar-refractivity contribution in [2.45, 2.75) is 19.9 Å². The van der Waals surface area contributed by atoms with Gasteiger partial charge < -0.3 is 16.2 Å². The van der Waals surface area contributed by atoms with Gasteiger partial charge in [0.2, 0.25) is 5.90 Å². The summed E-state index contributed by atoms with van der Waals surface area (Å²) in [5.41, 5.74) is 16.1. The Morgan fingerprint density at radius 1 is 1.00 bits per heavy atom. The smallest absolute Gasteiger partial charge is 0.217 e. The Kier molecular flexibility index (Phi) is 3.75. The van der Waals surface area contributed by atoms with Gasteiger partial charge in [-0.2, -0.15) is 0 Å². The first-order chi connectivity index (χ1) is 10.6. The van der Waals surface area contributed by atoms with Crippen LogP contribution in [0.5, 0.6) is 0 Å². The quantitative estimate of drug-likeness (QED) is 0.853. The van der Waals surface area contributed by atoms with E-state index < -0.39 is 0 Å². The van der Waals surface area contributed by atoms with E-state index >= 15 is 0 Å². The molecule has 3 rings (SSSR count). The van der Waals surface area contributed by atoms with Crippen molar-refractivity contribution in [3.63, 3.8) is 0 Å². The zero-order valence-electron chi connectivity index (χ0n) is 12.9. The van der Waals surface area contributed by atoms with Crippen LogP contribution in [0.25, 0.3) is 11.1 Å². The largest absolute Gasteiger partial charge is 0.475 e. The van der Waals surface area contributed by atoms with E-state index in [1.165, 1.54) is 0 Å². The van der Waals surface area contributed by atoms with Crippen LogP contribution in [-0.2, 0) is 4.74 Å². The van der Waals surface area contributed by atoms with Gasteiger partial charge in [-0.25, -0.2) is 4.99 Å². The van der Waals surface area contributed by atoms with Crippen LogP contribution >= 0.6 is 0 Å². The number of anilines is 2. The number of ether oxygens (including phenoxy) is 1. The Balaban J connectivity index is 2.09. The van der Waals surface area contributed by atoms with Gasteiger partial charge in [0.05, 0.1) is 17.4 Å². The summed E-state index contributed by atoms with van der Waals surface area (Å²) < 4.78 is 5.82. The molecule has 0 amide bonds. The lowest BCUT2D eigenvalue weighted by Crippen LogP contribution is -2.13. The van der Waals surface area contributed by atoms with Crippen LogP contribution in [0.4, 0.5) is 11.4 Å². The van der Waals surface area contributed by atoms with Gasteiger partial charge in [-0.1, -0.05) is 44.2 Å². The Hall–Kier alpha value is -2.49. The fourth-order valence-corrected chi connectivity index (χ4v) is 2.60. The summed E-state index contributed by atoms with van der Waals surface area (Å²) in [5, 5.41) is 0. The Morgan fingerprint density at radius 2 is 1.68 bits per heavy atom. The number of nitrogens with zero attached hydrogens (tertiary/aromatic N) is 1. The highest BCUT2D eigenvalue weighted by atomic mass is 16.5. The average Bonchev–Trinajstić information content (AvgIpc) is 3.00. The molecule has 1 aliphatic rings. The van der Waals surface area contributed by atoms with Crippen molar-refractivity contribution >= 4 is 17.3 Å². The van der Waals surface area contributed by atoms with Gasteiger partial charge in [0.15, 0.2) is 0 Å². The molecule has 4 heteroatoms. The first kappa shape index (κ1) is 14.4. The van der Waals surface area contributed by atoms with Gasteiger partial charge in [0, 0.05) is 11.1 Å². The molecule has 1 heterocycles. The molecule has 2 aromatic carbocycles. The molecule has 1 aliphatic heterocycles. The van der Waals surface area contributed by atoms with Crippen molar-refractivity contribution in [3.05, 3.63) is 48.0 Å². The second-order valence-corrected chi connectivity index (χ2v) is 5.91. The minimum atomic E-state index is 0.209. The number of nitrogens with two attached hydrogens (primary N) is 2. The van der Waals surface area contributed by atoms with Crippen LogP contribution < -0.4 is 11.5 Å². The van der Waals surface area contributed by atoms with E-state index in [-0.39, 0.29) is 6.04 Å². The summed E-state index contributed by atoms with van der Waals surface area (Å²) in [6.45, 7) is 4.94. The van der Waals surface area contributed by atoms with Gasteiger partial charge in [-0.3, -0.25) is 0 Å². The third-order valence-corrected chi connectivity index (χ3v) is 4.03. The Morgan fingerprint density at radius 3 is 2.36 bits per heavy atom. The van der Waals surface area contributed by atoms with Crippen LogP contribution in [0, 0.1) is 5.92 Å². The molecule has 114 valence electrons. The monoisotopic (exact) mass is 295 g/mol. The van der Waals surface area contributed by atoms with Crippen molar-refractivity contribution in [1.82, 2.24) is 0 Å². The van der Waals surface area contributed by atoms with Gasteiger partial charge in [0.1, 0.15) is 6.61 Å². The molecule has 0 saturated carbocycles. The lowest BCUT2D eigenvalue weighted by molar-refractivity contribution is 0.292. The predicted octanol–water partition coefficient (Wildman–Crippen LogP) is 3.32. The van der Waals surface area contributed by atoms with Crippen molar-refractivity contribution in [1.29, 1.82) is 0 Å². The molecule has 0 saturated heterocycles. The minimum Gasteiger partial charge on any atom is -0.475 e. The highest BCUT2D eigenvalue weighted by molar-refractivity contribution is 6.03. The zero-order valence-corrected chi connectivity index (χ0v) is 12.9. The molecule has 1 unspecified atom stereocenters. The molecule has 0 aliphatic carbocycles. The maximum absolute atomic E-state index is 6.15. The molecular formula is C18H21N3O. The predicted molar refractivity (Wildman–Crippen MR) is 91.8 cm³/mol. The van der Waals surface area contributed by atoms with Crippen LogP contribution in [0.1, 0.15) is 19.4 Å². The highest BCUT2D eigenvalue weighted by Crippen LogP contribution is 2.33. The Bertz CT molecular complexity index is 722. The van der Waals surface area contributed by atoms with Crippen molar-refractivity contribution < 1.29 is 4.74 Å². The fourth-order valence-electron chi connectivity index (χ4n) is 2.60. The first-order valence-corrected chi connectivity index (χ1v) is 7.52. The molecule has 4 N–H and O–H groups in total. The van der Waals surface area contributed by atoms with Crippen molar-refractivity contribution in [3.8, 4) is 11.1 Å². The standard InChI is InChI=1S/C18H21N3O/c1-11(2)16-10-22-18(21-16)14-7-4-3-6-12(14)13-8-5-9-15(19)17(13)20/h3-9,11,16H,10,19-20H2,1-2H3. The first-order valence-electron chi connectivity index (χ1n) is 7.52. The number of para-hydroxylation sites is 1. The lowest BCUT2D eigenvalue weighted by atomic mass is 9.97. The molecule has 0 fully saturated rings. The zero-order chi connectivity index (χ0) is 15.7. The summed E-state index contributed by atoms with van der Waals surface area (Å²) in [5.74, 6) is 1.15. The van der Waals surface area contributed by atoms with E-state index in [9.17, 15) is 0 Å². The topological polar surface area (TPSA) is 73.6 Å². The van der Waals surface area contributed by atoms with Gasteiger partial charge >= 0.3 is 0 Å². The number of rotatable bonds is 3. The molecule has 0 spiro atoms. The van der Waals surface area contributed by atoms with E-state index in [2.05, 4.69) is 13.8 Å². The summed E-state index contributed by atoms with van der Waals surface area (Å²) in [6.07, 6.45) is 0. The van der Waals surface area contributed by atoms with E-state index in [1.807, 2.05) is 36.4 Å². The van der Waals surface area contributed by atoms with Crippen LogP contribution in [0.3, 0.4) is 0 Å². The van der Waals surface area contributed by atoms with Crippen LogP contribution in [0.2, 0.25) is 0 Å². The van der Waals surface area contributed by atoms with Crippen LogP contribution in [0.15, 0.2) is 47.5 Å². The van der Waals surface area contributed by atoms with Gasteiger partial charge in [-0.05, 0) is 23.6 Å². The van der Waals surface area contributed by atoms with Gasteiger partial charge in [0.25, 0.3) is 0 Å². The van der Waals surface area contributed by atoms with Gasteiger partial charge in [-0.15, -0.1) is 0 Å². The maximum Gasteiger partial charge on any atom is 0.217 e. The normalized spacial score (nSPS) is 17.4. The summed E-state index contributed by atoms with van der Waals surface area (Å²) in [6, 6.07) is 13.9. The molecule has 0 bridgehead atoms. The highest BCUT2D eigenvalue weighted by Gasteiger charge is 2.24. The van der Waals surface area contributed by atoms with Crippen molar-refractivity contribution in [2.75, 3.05) is 18.1 Å². The number of aliphatic imine (C=N–C) groups is 1. The third-order valence-electron chi connectivity index (χ3n) is 4.03. The maximum atomic E-state index is 6.15. The second-order valence-electron chi connectivity index (χ2n) is 5.91. The number of hydrogen-bond donors (Lipinski definition) is 2. The Labute approximate surface area is 130 Å². The summed E-state index contributed by atoms with van der Waals surface area (Å²) in [7, 11) is 0. The molecule has 1 atom stereocenters. The molecule has 0 aromatic heterocycles. The second kappa shape index (κ2) is 5.72. The van der Waals surface area contributed by atoms with Crippen molar-refractivity contribution in [2.24, 2.45) is 10.9 Å². The third kappa shape index (κ3) is 2.52.